The molecule has 1 aliphatic rings. The Morgan fingerprint density at radius 2 is 2.32 bits per heavy atom. The molecule has 4 nitrogen and oxygen atoms in total. The van der Waals surface area contributed by atoms with Gasteiger partial charge in [0.1, 0.15) is 0 Å². The maximum Gasteiger partial charge on any atom is 0.261 e. The zero-order chi connectivity index (χ0) is 13.0. The first-order valence-corrected chi connectivity index (χ1v) is 7.13. The second kappa shape index (κ2) is 7.62. The van der Waals surface area contributed by atoms with E-state index < -0.39 is 0 Å². The Bertz CT molecular complexity index is 442. The highest BCUT2D eigenvalue weighted by atomic mass is 35.5. The molecule has 1 unspecified atom stereocenters. The molecule has 1 amide bonds. The van der Waals surface area contributed by atoms with E-state index in [4.69, 9.17) is 0 Å². The molecule has 106 valence electrons. The molecule has 2 heterocycles. The third-order valence-electron chi connectivity index (χ3n) is 3.23. The molecular weight excluding hydrogens is 284 g/mol. The van der Waals surface area contributed by atoms with E-state index in [0.717, 1.165) is 19.5 Å². The van der Waals surface area contributed by atoms with Gasteiger partial charge in [-0.15, -0.1) is 23.7 Å². The van der Waals surface area contributed by atoms with Crippen LogP contribution in [0.5, 0.6) is 0 Å². The molecule has 0 saturated carbocycles. The van der Waals surface area contributed by atoms with Crippen molar-refractivity contribution in [3.8, 4) is 0 Å². The Morgan fingerprint density at radius 3 is 2.89 bits per heavy atom. The van der Waals surface area contributed by atoms with Gasteiger partial charge in [-0.1, -0.05) is 0 Å². The number of rotatable bonds is 5. The lowest BCUT2D eigenvalue weighted by Crippen LogP contribution is -2.25. The van der Waals surface area contributed by atoms with Crippen LogP contribution >= 0.6 is 23.7 Å². The predicted molar refractivity (Wildman–Crippen MR) is 79.5 cm³/mol. The van der Waals surface area contributed by atoms with Crippen LogP contribution in [0.3, 0.4) is 0 Å². The smallest absolute Gasteiger partial charge is 0.261 e. The van der Waals surface area contributed by atoms with Crippen molar-refractivity contribution in [1.82, 2.24) is 10.6 Å². The summed E-state index contributed by atoms with van der Waals surface area (Å²) in [5.74, 6) is 0.613. The fraction of sp³-hybridized carbons (Fsp3) is 0.538. The molecule has 1 aromatic heterocycles. The van der Waals surface area contributed by atoms with E-state index in [1.807, 2.05) is 0 Å². The highest BCUT2D eigenvalue weighted by molar-refractivity contribution is 7.12. The average molecular weight is 303 g/mol. The van der Waals surface area contributed by atoms with Crippen LogP contribution in [-0.4, -0.2) is 31.3 Å². The van der Waals surface area contributed by atoms with E-state index in [-0.39, 0.29) is 24.1 Å². The van der Waals surface area contributed by atoms with Crippen molar-refractivity contribution in [1.29, 1.82) is 0 Å². The second-order valence-electron chi connectivity index (χ2n) is 4.66. The van der Waals surface area contributed by atoms with Crippen LogP contribution in [0.1, 0.15) is 39.8 Å². The van der Waals surface area contributed by atoms with Crippen molar-refractivity contribution in [2.24, 2.45) is 5.92 Å². The summed E-state index contributed by atoms with van der Waals surface area (Å²) in [6.07, 6.45) is 2.22. The van der Waals surface area contributed by atoms with Gasteiger partial charge in [0.2, 0.25) is 0 Å². The maximum absolute atomic E-state index is 11.8. The zero-order valence-corrected chi connectivity index (χ0v) is 12.5. The van der Waals surface area contributed by atoms with Crippen molar-refractivity contribution in [2.75, 3.05) is 19.6 Å². The normalized spacial score (nSPS) is 17.8. The first kappa shape index (κ1) is 16.1. The molecule has 0 bridgehead atoms. The minimum absolute atomic E-state index is 0. The molecule has 0 spiro atoms. The Labute approximate surface area is 123 Å². The van der Waals surface area contributed by atoms with Gasteiger partial charge in [0.15, 0.2) is 5.78 Å². The molecule has 0 radical (unpaired) electrons. The highest BCUT2D eigenvalue weighted by Crippen LogP contribution is 2.15. The molecule has 1 aromatic rings. The van der Waals surface area contributed by atoms with Crippen LogP contribution < -0.4 is 10.6 Å². The van der Waals surface area contributed by atoms with E-state index in [1.165, 1.54) is 24.7 Å². The second-order valence-corrected chi connectivity index (χ2v) is 5.57. The minimum Gasteiger partial charge on any atom is -0.351 e. The van der Waals surface area contributed by atoms with Gasteiger partial charge in [-0.2, -0.15) is 0 Å². The van der Waals surface area contributed by atoms with Gasteiger partial charge < -0.3 is 10.6 Å². The van der Waals surface area contributed by atoms with Crippen molar-refractivity contribution < 1.29 is 9.59 Å². The van der Waals surface area contributed by atoms with Crippen molar-refractivity contribution in [3.63, 3.8) is 0 Å². The zero-order valence-electron chi connectivity index (χ0n) is 10.9. The predicted octanol–water partition coefficient (Wildman–Crippen LogP) is 2.10. The van der Waals surface area contributed by atoms with Gasteiger partial charge in [0, 0.05) is 17.5 Å². The third kappa shape index (κ3) is 4.60. The molecule has 0 aromatic carbocycles. The quantitative estimate of drug-likeness (QED) is 0.819. The van der Waals surface area contributed by atoms with E-state index in [0.29, 0.717) is 22.9 Å². The number of carbonyl (C=O) groups excluding carboxylic acids is 2. The van der Waals surface area contributed by atoms with Crippen LogP contribution in [0.25, 0.3) is 0 Å². The van der Waals surface area contributed by atoms with E-state index >= 15 is 0 Å². The first-order chi connectivity index (χ1) is 8.66. The number of Topliss-reactive ketones (excluding diaryl/α,β-unsaturated/α-hetero) is 1. The molecule has 1 fully saturated rings. The summed E-state index contributed by atoms with van der Waals surface area (Å²) in [5, 5.41) is 7.95. The van der Waals surface area contributed by atoms with Crippen molar-refractivity contribution in [2.45, 2.75) is 19.8 Å². The lowest BCUT2D eigenvalue weighted by atomic mass is 10.1. The highest BCUT2D eigenvalue weighted by Gasteiger charge is 2.15. The van der Waals surface area contributed by atoms with Crippen LogP contribution in [0, 0.1) is 5.92 Å². The van der Waals surface area contributed by atoms with Gasteiger partial charge in [-0.25, -0.2) is 0 Å². The Balaban J connectivity index is 0.00000180. The number of halogens is 1. The van der Waals surface area contributed by atoms with Crippen LogP contribution in [0.4, 0.5) is 0 Å². The summed E-state index contributed by atoms with van der Waals surface area (Å²) >= 11 is 1.32. The van der Waals surface area contributed by atoms with Crippen LogP contribution in [-0.2, 0) is 0 Å². The molecule has 1 aliphatic heterocycles. The first-order valence-electron chi connectivity index (χ1n) is 6.25. The number of hydrogen-bond donors (Lipinski definition) is 2. The molecule has 19 heavy (non-hydrogen) atoms. The van der Waals surface area contributed by atoms with Gasteiger partial charge in [0.25, 0.3) is 5.91 Å². The van der Waals surface area contributed by atoms with Crippen LogP contribution in [0.15, 0.2) is 11.4 Å². The summed E-state index contributed by atoms with van der Waals surface area (Å²) in [4.78, 5) is 23.6. The topological polar surface area (TPSA) is 58.2 Å². The van der Waals surface area contributed by atoms with Gasteiger partial charge in [-0.3, -0.25) is 9.59 Å². The Hall–Kier alpha value is -0.910. The molecule has 1 atom stereocenters. The van der Waals surface area contributed by atoms with E-state index in [1.54, 1.807) is 11.4 Å². The average Bonchev–Trinajstić information content (AvgIpc) is 2.99. The largest absolute Gasteiger partial charge is 0.351 e. The summed E-state index contributed by atoms with van der Waals surface area (Å²) in [6, 6.07) is 1.67. The van der Waals surface area contributed by atoms with Crippen molar-refractivity contribution >= 4 is 35.4 Å². The molecule has 0 aliphatic carbocycles. The summed E-state index contributed by atoms with van der Waals surface area (Å²) < 4.78 is 0. The summed E-state index contributed by atoms with van der Waals surface area (Å²) in [6.45, 7) is 4.37. The fourth-order valence-electron chi connectivity index (χ4n) is 2.08. The van der Waals surface area contributed by atoms with Gasteiger partial charge in [-0.05, 0) is 44.8 Å². The Morgan fingerprint density at radius 1 is 1.53 bits per heavy atom. The lowest BCUT2D eigenvalue weighted by Gasteiger charge is -2.08. The molecule has 6 heteroatoms. The molecule has 2 rings (SSSR count). The van der Waals surface area contributed by atoms with Gasteiger partial charge >= 0.3 is 0 Å². The lowest BCUT2D eigenvalue weighted by molar-refractivity contribution is 0.0955. The number of amides is 1. The number of carbonyl (C=O) groups is 2. The number of hydrogen-bond acceptors (Lipinski definition) is 4. The van der Waals surface area contributed by atoms with Crippen molar-refractivity contribution in [3.05, 3.63) is 21.9 Å². The summed E-state index contributed by atoms with van der Waals surface area (Å²) in [5.41, 5.74) is 0.616. The molecule has 1 saturated heterocycles. The Kier molecular flexibility index (Phi) is 6.48. The molecule has 2 N–H and O–H groups in total. The number of thiophene rings is 1. The van der Waals surface area contributed by atoms with E-state index in [2.05, 4.69) is 10.6 Å². The third-order valence-corrected chi connectivity index (χ3v) is 4.16. The number of nitrogens with one attached hydrogen (secondary N) is 2. The monoisotopic (exact) mass is 302 g/mol. The van der Waals surface area contributed by atoms with Crippen LogP contribution in [0.2, 0.25) is 0 Å². The number of ketones is 1. The maximum atomic E-state index is 11.8. The fourth-order valence-corrected chi connectivity index (χ4v) is 2.94. The summed E-state index contributed by atoms with van der Waals surface area (Å²) in [7, 11) is 0. The SMILES string of the molecule is CC(=O)c1csc(C(=O)NCCC2CCNC2)c1.Cl. The molecular formula is C13H19ClN2O2S. The van der Waals surface area contributed by atoms with Gasteiger partial charge in [0.05, 0.1) is 4.88 Å². The minimum atomic E-state index is -0.0709. The standard InChI is InChI=1S/C13H18N2O2S.ClH/c1-9(16)11-6-12(18-8-11)13(17)15-5-3-10-2-4-14-7-10;/h6,8,10,14H,2-5,7H2,1H3,(H,15,17);1H. The van der Waals surface area contributed by atoms with E-state index in [9.17, 15) is 9.59 Å².